The average Bonchev–Trinajstić information content (AvgIpc) is 3.04. The monoisotopic (exact) mass is 454 g/mol. The minimum atomic E-state index is -3.57. The summed E-state index contributed by atoms with van der Waals surface area (Å²) < 4.78 is 27.1. The Bertz CT molecular complexity index is 1260. The quantitative estimate of drug-likeness (QED) is 0.523. The van der Waals surface area contributed by atoms with E-state index in [-0.39, 0.29) is 16.2 Å². The van der Waals surface area contributed by atoms with E-state index in [1.54, 1.807) is 34.9 Å². The molecule has 3 aromatic rings. The summed E-state index contributed by atoms with van der Waals surface area (Å²) in [6.45, 7) is 5.62. The Morgan fingerprint density at radius 3 is 2.57 bits per heavy atom. The van der Waals surface area contributed by atoms with E-state index in [2.05, 4.69) is 11.6 Å². The number of amides is 1. The summed E-state index contributed by atoms with van der Waals surface area (Å²) in [5, 5.41) is 0.963. The number of hydrogen-bond acceptors (Lipinski definition) is 4. The molecule has 0 spiro atoms. The number of aromatic nitrogens is 1. The van der Waals surface area contributed by atoms with E-state index >= 15 is 0 Å². The molecule has 28 heavy (non-hydrogen) atoms. The van der Waals surface area contributed by atoms with Crippen LogP contribution in [0.15, 0.2) is 58.9 Å². The zero-order valence-electron chi connectivity index (χ0n) is 14.9. The van der Waals surface area contributed by atoms with E-state index in [0.29, 0.717) is 31.6 Å². The Morgan fingerprint density at radius 2 is 1.89 bits per heavy atom. The van der Waals surface area contributed by atoms with Crippen molar-refractivity contribution in [3.05, 3.63) is 69.5 Å². The number of hydrogen-bond donors (Lipinski definition) is 0. The molecule has 0 fully saturated rings. The van der Waals surface area contributed by atoms with Crippen LogP contribution in [0.4, 0.5) is 0 Å². The average molecular weight is 455 g/mol. The minimum Gasteiger partial charge on any atom is -0.311 e. The molecular weight excluding hydrogens is 439 g/mol. The molecule has 9 heteroatoms. The summed E-state index contributed by atoms with van der Waals surface area (Å²) in [5.41, 5.74) is 0.684. The van der Waals surface area contributed by atoms with Gasteiger partial charge in [0, 0.05) is 6.54 Å². The molecule has 3 rings (SSSR count). The summed E-state index contributed by atoms with van der Waals surface area (Å²) in [6, 6.07) is 9.41. The fourth-order valence-electron chi connectivity index (χ4n) is 2.71. The second kappa shape index (κ2) is 8.21. The molecule has 0 atom stereocenters. The summed E-state index contributed by atoms with van der Waals surface area (Å²) in [6.07, 6.45) is 1.66. The Morgan fingerprint density at radius 1 is 1.21 bits per heavy atom. The first-order valence-corrected chi connectivity index (χ1v) is 11.5. The van der Waals surface area contributed by atoms with Crippen molar-refractivity contribution in [2.75, 3.05) is 5.75 Å². The lowest BCUT2D eigenvalue weighted by Crippen LogP contribution is -2.17. The Labute approximate surface area is 176 Å². The van der Waals surface area contributed by atoms with Crippen molar-refractivity contribution in [2.45, 2.75) is 18.4 Å². The number of thiazole rings is 1. The zero-order valence-corrected chi connectivity index (χ0v) is 18.0. The molecule has 2 aromatic carbocycles. The summed E-state index contributed by atoms with van der Waals surface area (Å²) >= 11 is 13.8. The second-order valence-corrected chi connectivity index (χ2v) is 9.85. The van der Waals surface area contributed by atoms with Gasteiger partial charge in [0.2, 0.25) is 0 Å². The van der Waals surface area contributed by atoms with E-state index in [4.69, 9.17) is 23.2 Å². The lowest BCUT2D eigenvalue weighted by Gasteiger charge is -2.06. The highest BCUT2D eigenvalue weighted by Gasteiger charge is 2.21. The number of carbonyl (C=O) groups is 1. The third kappa shape index (κ3) is 3.80. The van der Waals surface area contributed by atoms with Gasteiger partial charge in [0.15, 0.2) is 14.6 Å². The molecule has 0 unspecified atom stereocenters. The van der Waals surface area contributed by atoms with Crippen LogP contribution in [0.2, 0.25) is 10.0 Å². The molecule has 0 N–H and O–H groups in total. The second-order valence-electron chi connectivity index (χ2n) is 5.81. The van der Waals surface area contributed by atoms with Gasteiger partial charge in [-0.05, 0) is 24.3 Å². The molecule has 0 aliphatic carbocycles. The minimum absolute atomic E-state index is 0.0290. The van der Waals surface area contributed by atoms with Crippen LogP contribution in [-0.4, -0.2) is 24.6 Å². The van der Waals surface area contributed by atoms with E-state index in [9.17, 15) is 13.2 Å². The van der Waals surface area contributed by atoms with Crippen LogP contribution in [0.1, 0.15) is 17.3 Å². The predicted molar refractivity (Wildman–Crippen MR) is 114 cm³/mol. The van der Waals surface area contributed by atoms with Gasteiger partial charge < -0.3 is 4.57 Å². The third-order valence-corrected chi connectivity index (χ3v) is 7.70. The Hall–Kier alpha value is -1.93. The molecule has 1 amide bonds. The highest BCUT2D eigenvalue weighted by molar-refractivity contribution is 7.91. The molecule has 0 aliphatic rings. The number of sulfone groups is 1. The lowest BCUT2D eigenvalue weighted by atomic mass is 10.2. The number of halogens is 2. The van der Waals surface area contributed by atoms with Crippen LogP contribution in [0.25, 0.3) is 10.2 Å². The number of carbonyl (C=O) groups excluding carboxylic acids is 1. The first-order valence-electron chi connectivity index (χ1n) is 8.29. The van der Waals surface area contributed by atoms with E-state index in [1.807, 2.05) is 0 Å². The van der Waals surface area contributed by atoms with Gasteiger partial charge in [-0.25, -0.2) is 8.42 Å². The van der Waals surface area contributed by atoms with Gasteiger partial charge >= 0.3 is 0 Å². The first-order chi connectivity index (χ1) is 13.3. The van der Waals surface area contributed by atoms with Gasteiger partial charge in [-0.15, -0.1) is 6.58 Å². The highest BCUT2D eigenvalue weighted by atomic mass is 35.5. The van der Waals surface area contributed by atoms with Crippen molar-refractivity contribution in [3.63, 3.8) is 0 Å². The molecule has 0 saturated carbocycles. The molecule has 5 nitrogen and oxygen atoms in total. The van der Waals surface area contributed by atoms with Crippen LogP contribution >= 0.6 is 34.5 Å². The van der Waals surface area contributed by atoms with Crippen LogP contribution in [0, 0.1) is 0 Å². The largest absolute Gasteiger partial charge is 0.311 e. The van der Waals surface area contributed by atoms with Crippen molar-refractivity contribution >= 4 is 60.5 Å². The number of nitrogens with zero attached hydrogens (tertiary/aromatic N) is 2. The molecule has 146 valence electrons. The maximum Gasteiger partial charge on any atom is 0.280 e. The van der Waals surface area contributed by atoms with Crippen molar-refractivity contribution in [1.29, 1.82) is 0 Å². The molecular formula is C19H16Cl2N2O3S2. The summed E-state index contributed by atoms with van der Waals surface area (Å²) in [7, 11) is -3.57. The standard InChI is InChI=1S/C19H16Cl2N2O3S2/c1-3-11-23-16-13(20)9-10-14(21)17(16)27-19(23)22-18(24)12-7-5-6-8-15(12)28(25,26)4-2/h3,5-10H,1,4,11H2,2H3. The van der Waals surface area contributed by atoms with E-state index in [0.717, 1.165) is 0 Å². The topological polar surface area (TPSA) is 68.5 Å². The molecule has 0 saturated heterocycles. The van der Waals surface area contributed by atoms with E-state index in [1.165, 1.54) is 30.4 Å². The van der Waals surface area contributed by atoms with Gasteiger partial charge in [0.1, 0.15) is 0 Å². The fraction of sp³-hybridized carbons (Fsp3) is 0.158. The van der Waals surface area contributed by atoms with Gasteiger partial charge in [-0.2, -0.15) is 4.99 Å². The number of benzene rings is 2. The Kier molecular flexibility index (Phi) is 6.09. The third-order valence-electron chi connectivity index (χ3n) is 4.07. The van der Waals surface area contributed by atoms with Crippen LogP contribution in [-0.2, 0) is 16.4 Å². The lowest BCUT2D eigenvalue weighted by molar-refractivity contribution is 0.0994. The molecule has 0 bridgehead atoms. The normalized spacial score (nSPS) is 12.5. The van der Waals surface area contributed by atoms with Crippen molar-refractivity contribution in [1.82, 2.24) is 4.57 Å². The molecule has 0 radical (unpaired) electrons. The first kappa shape index (κ1) is 20.8. The molecule has 1 aromatic heterocycles. The number of rotatable bonds is 5. The van der Waals surface area contributed by atoms with Crippen molar-refractivity contribution in [3.8, 4) is 0 Å². The fourth-order valence-corrected chi connectivity index (χ4v) is 5.45. The molecule has 0 aliphatic heterocycles. The van der Waals surface area contributed by atoms with Crippen LogP contribution in [0.3, 0.4) is 0 Å². The van der Waals surface area contributed by atoms with Gasteiger partial charge in [0.05, 0.1) is 36.5 Å². The van der Waals surface area contributed by atoms with Gasteiger partial charge in [-0.3, -0.25) is 4.79 Å². The highest BCUT2D eigenvalue weighted by Crippen LogP contribution is 2.32. The van der Waals surface area contributed by atoms with Crippen molar-refractivity contribution in [2.24, 2.45) is 4.99 Å². The SMILES string of the molecule is C=CCn1c(=NC(=O)c2ccccc2S(=O)(=O)CC)sc2c(Cl)ccc(Cl)c21. The summed E-state index contributed by atoms with van der Waals surface area (Å²) in [4.78, 5) is 17.4. The molecule has 1 heterocycles. The number of allylic oxidation sites excluding steroid dienone is 1. The maximum absolute atomic E-state index is 12.9. The Balaban J connectivity index is 2.26. The van der Waals surface area contributed by atoms with Gasteiger partial charge in [0.25, 0.3) is 5.91 Å². The van der Waals surface area contributed by atoms with Crippen LogP contribution < -0.4 is 4.80 Å². The van der Waals surface area contributed by atoms with Gasteiger partial charge in [-0.1, -0.05) is 59.7 Å². The maximum atomic E-state index is 12.9. The zero-order chi connectivity index (χ0) is 20.5. The summed E-state index contributed by atoms with van der Waals surface area (Å²) in [5.74, 6) is -0.758. The van der Waals surface area contributed by atoms with E-state index < -0.39 is 15.7 Å². The van der Waals surface area contributed by atoms with Crippen LogP contribution in [0.5, 0.6) is 0 Å². The number of fused-ring (bicyclic) bond motifs is 1. The predicted octanol–water partition coefficient (Wildman–Crippen LogP) is 4.73. The smallest absolute Gasteiger partial charge is 0.280 e. The van der Waals surface area contributed by atoms with Crippen molar-refractivity contribution < 1.29 is 13.2 Å².